The molecule has 0 saturated heterocycles. The SMILES string of the molecule is CCC(CO)N(Cc1ccccc1)CC(C)C(=O)O. The van der Waals surface area contributed by atoms with Gasteiger partial charge in [-0.3, -0.25) is 9.69 Å². The minimum Gasteiger partial charge on any atom is -0.481 e. The van der Waals surface area contributed by atoms with Crippen molar-refractivity contribution in [1.29, 1.82) is 0 Å². The largest absolute Gasteiger partial charge is 0.481 e. The van der Waals surface area contributed by atoms with Gasteiger partial charge < -0.3 is 10.2 Å². The molecule has 0 saturated carbocycles. The van der Waals surface area contributed by atoms with Gasteiger partial charge in [0.1, 0.15) is 0 Å². The maximum Gasteiger partial charge on any atom is 0.307 e. The average Bonchev–Trinajstić information content (AvgIpc) is 2.41. The van der Waals surface area contributed by atoms with Crippen molar-refractivity contribution in [2.75, 3.05) is 13.2 Å². The first-order chi connectivity index (χ1) is 9.08. The van der Waals surface area contributed by atoms with E-state index in [2.05, 4.69) is 0 Å². The van der Waals surface area contributed by atoms with Crippen LogP contribution in [0.1, 0.15) is 25.8 Å². The molecule has 1 rings (SSSR count). The predicted molar refractivity (Wildman–Crippen MR) is 74.8 cm³/mol. The van der Waals surface area contributed by atoms with Crippen LogP contribution in [0.4, 0.5) is 0 Å². The first-order valence-electron chi connectivity index (χ1n) is 6.70. The van der Waals surface area contributed by atoms with Gasteiger partial charge in [0.05, 0.1) is 12.5 Å². The summed E-state index contributed by atoms with van der Waals surface area (Å²) in [5.41, 5.74) is 1.13. The number of hydrogen-bond acceptors (Lipinski definition) is 3. The Labute approximate surface area is 114 Å². The van der Waals surface area contributed by atoms with E-state index in [1.54, 1.807) is 6.92 Å². The van der Waals surface area contributed by atoms with Gasteiger partial charge in [-0.25, -0.2) is 0 Å². The highest BCUT2D eigenvalue weighted by Gasteiger charge is 2.21. The van der Waals surface area contributed by atoms with Crippen molar-refractivity contribution in [3.63, 3.8) is 0 Å². The first-order valence-corrected chi connectivity index (χ1v) is 6.70. The van der Waals surface area contributed by atoms with E-state index in [-0.39, 0.29) is 12.6 Å². The number of carbonyl (C=O) groups is 1. The molecule has 1 aromatic carbocycles. The van der Waals surface area contributed by atoms with Crippen LogP contribution in [0, 0.1) is 5.92 Å². The third kappa shape index (κ3) is 5.01. The highest BCUT2D eigenvalue weighted by atomic mass is 16.4. The van der Waals surface area contributed by atoms with E-state index >= 15 is 0 Å². The van der Waals surface area contributed by atoms with Crippen molar-refractivity contribution in [3.8, 4) is 0 Å². The Morgan fingerprint density at radius 2 is 1.95 bits per heavy atom. The van der Waals surface area contributed by atoms with Crippen molar-refractivity contribution >= 4 is 5.97 Å². The summed E-state index contributed by atoms with van der Waals surface area (Å²) in [7, 11) is 0. The van der Waals surface area contributed by atoms with Crippen LogP contribution in [0.3, 0.4) is 0 Å². The van der Waals surface area contributed by atoms with E-state index in [1.807, 2.05) is 42.2 Å². The van der Waals surface area contributed by atoms with Crippen molar-refractivity contribution in [2.24, 2.45) is 5.92 Å². The molecular formula is C15H23NO3. The van der Waals surface area contributed by atoms with Crippen molar-refractivity contribution in [1.82, 2.24) is 4.90 Å². The molecule has 1 aromatic rings. The second kappa shape index (κ2) is 7.92. The number of rotatable bonds is 8. The van der Waals surface area contributed by atoms with E-state index in [1.165, 1.54) is 0 Å². The van der Waals surface area contributed by atoms with E-state index in [4.69, 9.17) is 5.11 Å². The Morgan fingerprint density at radius 1 is 1.32 bits per heavy atom. The van der Waals surface area contributed by atoms with Gasteiger partial charge in [0.25, 0.3) is 0 Å². The quantitative estimate of drug-likeness (QED) is 0.754. The molecule has 106 valence electrons. The number of carboxylic acids is 1. The second-order valence-corrected chi connectivity index (χ2v) is 4.90. The van der Waals surface area contributed by atoms with Gasteiger partial charge in [0.15, 0.2) is 0 Å². The standard InChI is InChI=1S/C15H23NO3/c1-3-14(11-17)16(9-12(2)15(18)19)10-13-7-5-4-6-8-13/h4-8,12,14,17H,3,9-11H2,1-2H3,(H,18,19). The van der Waals surface area contributed by atoms with Crippen LogP contribution in [0.25, 0.3) is 0 Å². The molecule has 0 aromatic heterocycles. The van der Waals surface area contributed by atoms with Crippen LogP contribution in [0.2, 0.25) is 0 Å². The molecule has 4 nitrogen and oxygen atoms in total. The zero-order valence-corrected chi connectivity index (χ0v) is 11.6. The Bertz CT molecular complexity index is 376. The van der Waals surface area contributed by atoms with Crippen molar-refractivity contribution < 1.29 is 15.0 Å². The smallest absolute Gasteiger partial charge is 0.307 e. The summed E-state index contributed by atoms with van der Waals surface area (Å²) in [6.07, 6.45) is 0.801. The number of aliphatic hydroxyl groups is 1. The molecule has 0 aliphatic carbocycles. The molecule has 2 N–H and O–H groups in total. The normalized spacial score (nSPS) is 14.3. The van der Waals surface area contributed by atoms with E-state index in [0.717, 1.165) is 12.0 Å². The molecule has 2 atom stereocenters. The third-order valence-electron chi connectivity index (χ3n) is 3.36. The fourth-order valence-electron chi connectivity index (χ4n) is 2.09. The van der Waals surface area contributed by atoms with Crippen LogP contribution in [0.5, 0.6) is 0 Å². The lowest BCUT2D eigenvalue weighted by molar-refractivity contribution is -0.142. The number of aliphatic hydroxyl groups excluding tert-OH is 1. The second-order valence-electron chi connectivity index (χ2n) is 4.90. The lowest BCUT2D eigenvalue weighted by Crippen LogP contribution is -2.41. The van der Waals surface area contributed by atoms with Crippen molar-refractivity contribution in [2.45, 2.75) is 32.9 Å². The molecule has 0 aliphatic heterocycles. The Morgan fingerprint density at radius 3 is 2.42 bits per heavy atom. The van der Waals surface area contributed by atoms with Gasteiger partial charge in [-0.15, -0.1) is 0 Å². The molecule has 0 amide bonds. The summed E-state index contributed by atoms with van der Waals surface area (Å²) >= 11 is 0. The van der Waals surface area contributed by atoms with Gasteiger partial charge in [0.2, 0.25) is 0 Å². The minimum absolute atomic E-state index is 0.00186. The highest BCUT2D eigenvalue weighted by molar-refractivity contribution is 5.69. The number of nitrogens with zero attached hydrogens (tertiary/aromatic N) is 1. The van der Waals surface area contributed by atoms with Crippen LogP contribution >= 0.6 is 0 Å². The molecule has 4 heteroatoms. The minimum atomic E-state index is -0.800. The van der Waals surface area contributed by atoms with E-state index < -0.39 is 11.9 Å². The van der Waals surface area contributed by atoms with Crippen molar-refractivity contribution in [3.05, 3.63) is 35.9 Å². The van der Waals surface area contributed by atoms with Crippen LogP contribution in [-0.2, 0) is 11.3 Å². The molecule has 0 bridgehead atoms. The van der Waals surface area contributed by atoms with Crippen LogP contribution in [0.15, 0.2) is 30.3 Å². The fourth-order valence-corrected chi connectivity index (χ4v) is 2.09. The van der Waals surface area contributed by atoms with Gasteiger partial charge in [-0.2, -0.15) is 0 Å². The Hall–Kier alpha value is -1.39. The highest BCUT2D eigenvalue weighted by Crippen LogP contribution is 2.13. The molecule has 2 unspecified atom stereocenters. The number of hydrogen-bond donors (Lipinski definition) is 2. The van der Waals surface area contributed by atoms with Crippen LogP contribution in [-0.4, -0.2) is 40.3 Å². The fraction of sp³-hybridized carbons (Fsp3) is 0.533. The third-order valence-corrected chi connectivity index (χ3v) is 3.36. The summed E-state index contributed by atoms with van der Waals surface area (Å²) < 4.78 is 0. The summed E-state index contributed by atoms with van der Waals surface area (Å²) in [6.45, 7) is 4.87. The molecule has 0 aliphatic rings. The summed E-state index contributed by atoms with van der Waals surface area (Å²) in [6, 6.07) is 9.92. The predicted octanol–water partition coefficient (Wildman–Crippen LogP) is 1.98. The molecule has 0 heterocycles. The number of aliphatic carboxylic acids is 1. The molecular weight excluding hydrogens is 242 g/mol. The van der Waals surface area contributed by atoms with Crippen LogP contribution < -0.4 is 0 Å². The zero-order chi connectivity index (χ0) is 14.3. The molecule has 19 heavy (non-hydrogen) atoms. The Balaban J connectivity index is 2.77. The van der Waals surface area contributed by atoms with Gasteiger partial charge in [-0.1, -0.05) is 44.2 Å². The van der Waals surface area contributed by atoms with E-state index in [0.29, 0.717) is 13.1 Å². The Kier molecular flexibility index (Phi) is 6.53. The molecule has 0 spiro atoms. The lowest BCUT2D eigenvalue weighted by Gasteiger charge is -2.31. The van der Waals surface area contributed by atoms with Gasteiger partial charge in [-0.05, 0) is 12.0 Å². The number of carboxylic acid groups (broad SMARTS) is 1. The summed E-state index contributed by atoms with van der Waals surface area (Å²) in [5.74, 6) is -1.24. The summed E-state index contributed by atoms with van der Waals surface area (Å²) in [5, 5.41) is 18.5. The zero-order valence-electron chi connectivity index (χ0n) is 11.6. The number of benzene rings is 1. The first kappa shape index (κ1) is 15.7. The average molecular weight is 265 g/mol. The van der Waals surface area contributed by atoms with Gasteiger partial charge in [0, 0.05) is 19.1 Å². The topological polar surface area (TPSA) is 60.8 Å². The lowest BCUT2D eigenvalue weighted by atomic mass is 10.1. The maximum atomic E-state index is 11.0. The summed E-state index contributed by atoms with van der Waals surface area (Å²) in [4.78, 5) is 13.0. The monoisotopic (exact) mass is 265 g/mol. The molecule has 0 fully saturated rings. The van der Waals surface area contributed by atoms with E-state index in [9.17, 15) is 9.90 Å². The van der Waals surface area contributed by atoms with Gasteiger partial charge >= 0.3 is 5.97 Å². The maximum absolute atomic E-state index is 11.0. The molecule has 0 radical (unpaired) electrons.